The van der Waals surface area contributed by atoms with Crippen molar-refractivity contribution < 1.29 is 0 Å². The molecular weight excluding hydrogens is 224 g/mol. The maximum absolute atomic E-state index is 4.33. The van der Waals surface area contributed by atoms with E-state index in [4.69, 9.17) is 0 Å². The molecule has 2 aliphatic rings. The number of hydrogen-bond donors (Lipinski definition) is 1. The molecule has 1 saturated carbocycles. The van der Waals surface area contributed by atoms with Crippen LogP contribution in [-0.4, -0.2) is 35.9 Å². The van der Waals surface area contributed by atoms with Crippen molar-refractivity contribution in [3.05, 3.63) is 17.8 Å². The highest BCUT2D eigenvalue weighted by atomic mass is 15.3. The number of nitrogens with one attached hydrogen (secondary N) is 1. The van der Waals surface area contributed by atoms with Crippen LogP contribution in [0.5, 0.6) is 0 Å². The quantitative estimate of drug-likeness (QED) is 0.879. The molecule has 0 bridgehead atoms. The average molecular weight is 246 g/mol. The summed E-state index contributed by atoms with van der Waals surface area (Å²) in [7, 11) is 0. The van der Waals surface area contributed by atoms with Gasteiger partial charge in [-0.2, -0.15) is 5.10 Å². The lowest BCUT2D eigenvalue weighted by atomic mass is 9.97. The molecule has 2 heterocycles. The third-order valence-corrected chi connectivity index (χ3v) is 3.97. The third-order valence-electron chi connectivity index (χ3n) is 3.97. The molecule has 1 N–H and O–H groups in total. The summed E-state index contributed by atoms with van der Waals surface area (Å²) < 4.78 is 0. The van der Waals surface area contributed by atoms with Gasteiger partial charge in [-0.25, -0.2) is 0 Å². The van der Waals surface area contributed by atoms with Gasteiger partial charge in [0.2, 0.25) is 0 Å². The maximum atomic E-state index is 4.33. The number of piperidine rings is 1. The Labute approximate surface area is 109 Å². The van der Waals surface area contributed by atoms with E-state index < -0.39 is 0 Å². The van der Waals surface area contributed by atoms with Crippen molar-refractivity contribution in [2.45, 2.75) is 38.6 Å². The van der Waals surface area contributed by atoms with Crippen LogP contribution in [0.25, 0.3) is 0 Å². The van der Waals surface area contributed by atoms with Gasteiger partial charge in [0.25, 0.3) is 0 Å². The molecule has 4 nitrogen and oxygen atoms in total. The van der Waals surface area contributed by atoms with E-state index in [0.29, 0.717) is 0 Å². The van der Waals surface area contributed by atoms with Gasteiger partial charge in [0, 0.05) is 12.6 Å². The van der Waals surface area contributed by atoms with Crippen molar-refractivity contribution in [3.8, 4) is 0 Å². The first-order valence-corrected chi connectivity index (χ1v) is 7.09. The molecule has 1 aliphatic heterocycles. The van der Waals surface area contributed by atoms with E-state index in [1.807, 2.05) is 6.20 Å². The Kier molecular flexibility index (Phi) is 3.46. The highest BCUT2D eigenvalue weighted by Gasteiger charge is 2.32. The average Bonchev–Trinajstić information content (AvgIpc) is 3.21. The number of aromatic nitrogens is 2. The van der Waals surface area contributed by atoms with Crippen molar-refractivity contribution >= 4 is 5.82 Å². The Morgan fingerprint density at radius 3 is 2.72 bits per heavy atom. The summed E-state index contributed by atoms with van der Waals surface area (Å²) >= 11 is 0. The van der Waals surface area contributed by atoms with Crippen LogP contribution in [0.4, 0.5) is 5.82 Å². The van der Waals surface area contributed by atoms with Crippen LogP contribution in [0.1, 0.15) is 31.2 Å². The number of rotatable bonds is 4. The molecule has 98 valence electrons. The van der Waals surface area contributed by atoms with Gasteiger partial charge in [0.15, 0.2) is 5.82 Å². The van der Waals surface area contributed by atoms with Crippen molar-refractivity contribution in [2.24, 2.45) is 5.92 Å². The van der Waals surface area contributed by atoms with E-state index in [1.165, 1.54) is 44.3 Å². The normalized spacial score (nSPS) is 20.9. The molecule has 0 atom stereocenters. The topological polar surface area (TPSA) is 41.1 Å². The summed E-state index contributed by atoms with van der Waals surface area (Å²) in [4.78, 5) is 2.50. The van der Waals surface area contributed by atoms with Gasteiger partial charge in [-0.15, -0.1) is 5.10 Å². The minimum absolute atomic E-state index is 0.719. The van der Waals surface area contributed by atoms with E-state index in [2.05, 4.69) is 33.4 Å². The molecule has 0 amide bonds. The van der Waals surface area contributed by atoms with E-state index in [0.717, 1.165) is 24.3 Å². The number of aryl methyl sites for hydroxylation is 1. The summed E-state index contributed by atoms with van der Waals surface area (Å²) in [5.74, 6) is 1.89. The zero-order chi connectivity index (χ0) is 12.4. The largest absolute Gasteiger partial charge is 0.352 e. The Balaban J connectivity index is 1.71. The first kappa shape index (κ1) is 11.9. The van der Waals surface area contributed by atoms with Crippen molar-refractivity contribution in [1.29, 1.82) is 0 Å². The molecule has 4 heteroatoms. The van der Waals surface area contributed by atoms with Gasteiger partial charge in [-0.05, 0) is 63.2 Å². The van der Waals surface area contributed by atoms with Gasteiger partial charge in [-0.3, -0.25) is 0 Å². The van der Waals surface area contributed by atoms with Gasteiger partial charge in [0.1, 0.15) is 0 Å². The van der Waals surface area contributed by atoms with Gasteiger partial charge in [0.05, 0.1) is 6.20 Å². The standard InChI is InChI=1S/C14H22N4/c1-11-8-14(17-16-9-11)18(13-2-3-13)10-12-4-6-15-7-5-12/h8-9,12-13,15H,2-7,10H2,1H3. The summed E-state index contributed by atoms with van der Waals surface area (Å²) in [5.41, 5.74) is 1.20. The zero-order valence-electron chi connectivity index (χ0n) is 11.1. The molecule has 2 fully saturated rings. The minimum atomic E-state index is 0.719. The molecule has 1 aromatic heterocycles. The van der Waals surface area contributed by atoms with E-state index in [9.17, 15) is 0 Å². The Morgan fingerprint density at radius 1 is 1.28 bits per heavy atom. The smallest absolute Gasteiger partial charge is 0.151 e. The molecule has 0 spiro atoms. The first-order valence-electron chi connectivity index (χ1n) is 7.09. The second-order valence-electron chi connectivity index (χ2n) is 5.67. The van der Waals surface area contributed by atoms with Crippen LogP contribution in [0, 0.1) is 12.8 Å². The third kappa shape index (κ3) is 2.80. The fraction of sp³-hybridized carbons (Fsp3) is 0.714. The maximum Gasteiger partial charge on any atom is 0.151 e. The van der Waals surface area contributed by atoms with Crippen molar-refractivity contribution in [2.75, 3.05) is 24.5 Å². The second kappa shape index (κ2) is 5.22. The summed E-state index contributed by atoms with van der Waals surface area (Å²) in [6.45, 7) is 5.59. The van der Waals surface area contributed by atoms with Crippen molar-refractivity contribution in [1.82, 2.24) is 15.5 Å². The Bertz CT molecular complexity index is 397. The lowest BCUT2D eigenvalue weighted by molar-refractivity contribution is 0.371. The molecule has 1 aliphatic carbocycles. The van der Waals surface area contributed by atoms with Crippen LogP contribution in [-0.2, 0) is 0 Å². The molecule has 3 rings (SSSR count). The van der Waals surface area contributed by atoms with Gasteiger partial charge < -0.3 is 10.2 Å². The van der Waals surface area contributed by atoms with Gasteiger partial charge >= 0.3 is 0 Å². The molecule has 1 aromatic rings. The van der Waals surface area contributed by atoms with Crippen LogP contribution < -0.4 is 10.2 Å². The lowest BCUT2D eigenvalue weighted by Crippen LogP contribution is -2.37. The SMILES string of the molecule is Cc1cnnc(N(CC2CCNCC2)C2CC2)c1. The number of nitrogens with zero attached hydrogens (tertiary/aromatic N) is 3. The zero-order valence-corrected chi connectivity index (χ0v) is 11.1. The second-order valence-corrected chi connectivity index (χ2v) is 5.67. The molecule has 1 saturated heterocycles. The summed E-state index contributed by atoms with van der Waals surface area (Å²) in [5, 5.41) is 11.9. The van der Waals surface area contributed by atoms with Crippen LogP contribution in [0.3, 0.4) is 0 Å². The van der Waals surface area contributed by atoms with Crippen LogP contribution in [0.15, 0.2) is 12.3 Å². The molecule has 0 radical (unpaired) electrons. The molecule has 0 unspecified atom stereocenters. The highest BCUT2D eigenvalue weighted by Crippen LogP contribution is 2.32. The predicted molar refractivity (Wildman–Crippen MR) is 72.7 cm³/mol. The molecule has 18 heavy (non-hydrogen) atoms. The lowest BCUT2D eigenvalue weighted by Gasteiger charge is -2.30. The molecule has 0 aromatic carbocycles. The van der Waals surface area contributed by atoms with Crippen molar-refractivity contribution in [3.63, 3.8) is 0 Å². The predicted octanol–water partition coefficient (Wildman–Crippen LogP) is 1.75. The number of anilines is 1. The van der Waals surface area contributed by atoms with Gasteiger partial charge in [-0.1, -0.05) is 0 Å². The highest BCUT2D eigenvalue weighted by molar-refractivity contribution is 5.42. The first-order chi connectivity index (χ1) is 8.83. The van der Waals surface area contributed by atoms with Crippen LogP contribution >= 0.6 is 0 Å². The minimum Gasteiger partial charge on any atom is -0.352 e. The molecular formula is C14H22N4. The van der Waals surface area contributed by atoms with E-state index >= 15 is 0 Å². The van der Waals surface area contributed by atoms with Crippen LogP contribution in [0.2, 0.25) is 0 Å². The Hall–Kier alpha value is -1.16. The summed E-state index contributed by atoms with van der Waals surface area (Å²) in [6.07, 6.45) is 7.06. The monoisotopic (exact) mass is 246 g/mol. The number of hydrogen-bond acceptors (Lipinski definition) is 4. The fourth-order valence-corrected chi connectivity index (χ4v) is 2.75. The summed E-state index contributed by atoms with van der Waals surface area (Å²) in [6, 6.07) is 2.89. The Morgan fingerprint density at radius 2 is 2.06 bits per heavy atom. The van der Waals surface area contributed by atoms with E-state index in [1.54, 1.807) is 0 Å². The van der Waals surface area contributed by atoms with E-state index in [-0.39, 0.29) is 0 Å². The fourth-order valence-electron chi connectivity index (χ4n) is 2.75.